The second kappa shape index (κ2) is 33.2. The molecule has 0 spiro atoms. The number of carbonyl (C=O) groups excluding carboxylic acids is 11. The molecular formula is C82H58O53. The van der Waals surface area contributed by atoms with Crippen LogP contribution in [0.15, 0.2) is 96.6 Å². The van der Waals surface area contributed by atoms with Gasteiger partial charge in [0.15, 0.2) is 157 Å². The lowest BCUT2D eigenvalue weighted by molar-refractivity contribution is -0.339. The first-order chi connectivity index (χ1) is 63.4. The Kier molecular flexibility index (Phi) is 22.4. The number of cyclic esters (lactones) is 1. The fourth-order valence-corrected chi connectivity index (χ4v) is 14.7. The molecule has 0 amide bonds. The molecule has 2 saturated heterocycles. The van der Waals surface area contributed by atoms with E-state index >= 15 is 24.0 Å². The van der Waals surface area contributed by atoms with E-state index < -0.39 is 391 Å². The summed E-state index contributed by atoms with van der Waals surface area (Å²) in [5, 5.41) is 307. The van der Waals surface area contributed by atoms with Crippen LogP contribution in [0.1, 0.15) is 105 Å². The molecule has 135 heavy (non-hydrogen) atoms. The topological polar surface area (TPSA) is 883 Å². The van der Waals surface area contributed by atoms with Gasteiger partial charge >= 0.3 is 65.5 Å². The van der Waals surface area contributed by atoms with Crippen molar-refractivity contribution in [1.82, 2.24) is 0 Å². The molecule has 5 heterocycles. The highest BCUT2D eigenvalue weighted by molar-refractivity contribution is 6.11. The lowest BCUT2D eigenvalue weighted by Crippen LogP contribution is -2.70. The monoisotopic (exact) mass is 1890 g/mol. The minimum absolute atomic E-state index is 0.0576. The molecule has 0 unspecified atom stereocenters. The Balaban J connectivity index is 0.875. The van der Waals surface area contributed by atoms with Crippen LogP contribution in [0.3, 0.4) is 0 Å². The van der Waals surface area contributed by atoms with Crippen LogP contribution in [-0.4, -0.2) is 295 Å². The number of ketones is 1. The molecule has 6 bridgehead atoms. The average molecular weight is 1890 g/mol. The first-order valence-corrected chi connectivity index (χ1v) is 37.5. The average Bonchev–Trinajstić information content (AvgIpc) is 1.31. The SMILES string of the molecule is O=C1O[C@H]2[C@@H]3OC(=O)c4cc(O)c(O)c(O)c4-c4c(cc(Oc5c(C(=O)O[C@H]6[C@H](OC(=O)c7cc(O)c(O)c(O)c7)[C@@H](OC(=O)c7cc(O)c(O)c(O)c7)[C@H](OC(=O)c7cc(O)c(O)c(O)c7)O[C@@H]6COC(=O)c6cc(O)c(O)c(O)c6)cc(O)c(O)c5O)c(O)c4O)C(=O)OC[C@H]2O[C@@H](OC(=O)c2cc(O)c(O)c(O)c2)[C@@H]3OC(=O)c2cc(O)c(O)c3c2[C@@H]2C1=CC(=O)[C@](O)(O3)C2(O)O. The van der Waals surface area contributed by atoms with Crippen LogP contribution in [0.5, 0.6) is 161 Å². The zero-order valence-corrected chi connectivity index (χ0v) is 66.2. The highest BCUT2D eigenvalue weighted by atomic mass is 16.8. The Hall–Kier alpha value is -18.5. The van der Waals surface area contributed by atoms with Crippen LogP contribution in [0.2, 0.25) is 0 Å². The Labute approximate surface area is 741 Å². The molecule has 9 aromatic carbocycles. The molecule has 2 fully saturated rings. The molecule has 0 radical (unpaired) electrons. The largest absolute Gasteiger partial charge is 0.504 e. The van der Waals surface area contributed by atoms with E-state index in [-0.39, 0.29) is 30.3 Å². The van der Waals surface area contributed by atoms with Crippen molar-refractivity contribution in [1.29, 1.82) is 0 Å². The van der Waals surface area contributed by atoms with Gasteiger partial charge in [-0.3, -0.25) is 4.79 Å². The van der Waals surface area contributed by atoms with Crippen molar-refractivity contribution in [3.05, 3.63) is 152 Å². The normalized spacial score (nSPS) is 21.8. The molecule has 6 aliphatic rings. The molecule has 53 nitrogen and oxygen atoms in total. The van der Waals surface area contributed by atoms with Gasteiger partial charge in [0, 0.05) is 28.8 Å². The molecule has 5 aliphatic heterocycles. The lowest BCUT2D eigenvalue weighted by atomic mass is 9.70. The smallest absolute Gasteiger partial charge is 0.342 e. The molecule has 12 atom stereocenters. The molecule has 28 N–H and O–H groups in total. The first-order valence-electron chi connectivity index (χ1n) is 37.5. The van der Waals surface area contributed by atoms with Crippen molar-refractivity contribution in [3.8, 4) is 172 Å². The Morgan fingerprint density at radius 3 is 1.25 bits per heavy atom. The minimum Gasteiger partial charge on any atom is -0.504 e. The molecule has 704 valence electrons. The number of phenolic OH excluding ortho intramolecular Hbond substituents is 25. The molecular weight excluding hydrogens is 1830 g/mol. The summed E-state index contributed by atoms with van der Waals surface area (Å²) in [5.41, 5.74) is -16.7. The van der Waals surface area contributed by atoms with Gasteiger partial charge in [0.25, 0.3) is 5.79 Å². The van der Waals surface area contributed by atoms with E-state index in [1.165, 1.54) is 0 Å². The van der Waals surface area contributed by atoms with Gasteiger partial charge in [-0.25, -0.2) is 47.9 Å². The molecule has 9 aromatic rings. The van der Waals surface area contributed by atoms with Gasteiger partial charge in [-0.05, 0) is 78.9 Å². The standard InChI is InChI=1S/C82H58O53/c83-28-1-18(2-29(84)49(28)97)69(109)122-16-42-62(65(129-70(110)19-3-30(85)50(98)31(86)4-19)67(131-71(111)20-5-32(87)51(99)33(88)6-20)79(125-42)133-72(112)21-7-34(89)52(100)35(90)8-21)128-78(118)27-13-39(94)55(103)60(108)61(27)124-41-14-25-46(59(107)57(41)105)45-23(11-38(93)54(102)58(45)106)75(115)130-66-63-43(17-123-74(25)114)126-80(134-73(113)22-9-36(91)53(101)37(92)10-22)68(66)132-76(116)24-12-40(95)56(104)64-47(24)48-26(77(117)127-63)15-44(96)82(121,135-64)81(48,119)120/h1-15,42-43,48,62-63,65-68,79-80,83-95,97-108,119-121H,16-17H2/t42-,43-,48+,62-,63-,65+,66+,67-,68-,79+,80+,82+/m1/s1. The zero-order valence-electron chi connectivity index (χ0n) is 66.2. The van der Waals surface area contributed by atoms with E-state index in [0.717, 1.165) is 0 Å². The summed E-state index contributed by atoms with van der Waals surface area (Å²) in [4.78, 5) is 163. The predicted molar refractivity (Wildman–Crippen MR) is 412 cm³/mol. The van der Waals surface area contributed by atoms with E-state index in [2.05, 4.69) is 0 Å². The maximum Gasteiger partial charge on any atom is 0.342 e. The number of aromatic hydroxyl groups is 25. The molecule has 1 aliphatic carbocycles. The predicted octanol–water partition coefficient (Wildman–Crippen LogP) is 0.985. The van der Waals surface area contributed by atoms with Crippen LogP contribution in [0.25, 0.3) is 11.1 Å². The number of phenols is 25. The molecule has 0 aromatic heterocycles. The fraction of sp³-hybridized carbons (Fsp3) is 0.183. The van der Waals surface area contributed by atoms with Gasteiger partial charge in [-0.15, -0.1) is 0 Å². The van der Waals surface area contributed by atoms with Crippen LogP contribution in [-0.2, 0) is 66.4 Å². The number of benzene rings is 9. The van der Waals surface area contributed by atoms with E-state index in [0.29, 0.717) is 60.7 Å². The highest BCUT2D eigenvalue weighted by Gasteiger charge is 2.71. The number of rotatable bonds is 15. The third-order valence-corrected chi connectivity index (χ3v) is 21.3. The van der Waals surface area contributed by atoms with Gasteiger partial charge in [-0.2, -0.15) is 0 Å². The van der Waals surface area contributed by atoms with Crippen LogP contribution >= 0.6 is 0 Å². The van der Waals surface area contributed by atoms with Gasteiger partial charge in [0.2, 0.25) is 59.3 Å². The minimum atomic E-state index is -4.21. The summed E-state index contributed by atoms with van der Waals surface area (Å²) < 4.78 is 79.7. The van der Waals surface area contributed by atoms with E-state index in [1.54, 1.807) is 0 Å². The van der Waals surface area contributed by atoms with Crippen molar-refractivity contribution in [2.24, 2.45) is 0 Å². The fourth-order valence-electron chi connectivity index (χ4n) is 14.7. The number of esters is 10. The van der Waals surface area contributed by atoms with E-state index in [9.17, 15) is 172 Å². The van der Waals surface area contributed by atoms with Crippen LogP contribution in [0.4, 0.5) is 0 Å². The second-order valence-corrected chi connectivity index (χ2v) is 29.6. The number of hydrogen-bond acceptors (Lipinski definition) is 53. The van der Waals surface area contributed by atoms with Gasteiger partial charge in [-0.1, -0.05) is 0 Å². The van der Waals surface area contributed by atoms with Crippen LogP contribution in [0, 0.1) is 0 Å². The van der Waals surface area contributed by atoms with Gasteiger partial charge < -0.3 is 209 Å². The maximum absolute atomic E-state index is 15.7. The molecule has 0 saturated carbocycles. The highest BCUT2D eigenvalue weighted by Crippen LogP contribution is 2.61. The Morgan fingerprint density at radius 2 is 0.748 bits per heavy atom. The lowest BCUT2D eigenvalue weighted by Gasteiger charge is -2.49. The van der Waals surface area contributed by atoms with E-state index in [4.69, 9.17) is 66.3 Å². The Bertz CT molecular complexity index is 6630. The molecule has 15 rings (SSSR count). The third-order valence-electron chi connectivity index (χ3n) is 21.3. The van der Waals surface area contributed by atoms with E-state index in [1.807, 2.05) is 0 Å². The summed E-state index contributed by atoms with van der Waals surface area (Å²) in [5.74, 6) is -74.7. The van der Waals surface area contributed by atoms with Crippen LogP contribution < -0.4 is 9.47 Å². The summed E-state index contributed by atoms with van der Waals surface area (Å²) in [6.07, 6.45) is -28.7. The Morgan fingerprint density at radius 1 is 0.356 bits per heavy atom. The second-order valence-electron chi connectivity index (χ2n) is 29.6. The number of ether oxygens (including phenoxy) is 14. The number of hydrogen-bond donors (Lipinski definition) is 28. The van der Waals surface area contributed by atoms with Crippen molar-refractivity contribution in [3.63, 3.8) is 0 Å². The molecule has 53 heteroatoms. The van der Waals surface area contributed by atoms with Gasteiger partial charge in [0.1, 0.15) is 31.0 Å². The van der Waals surface area contributed by atoms with Gasteiger partial charge in [0.05, 0.1) is 56.0 Å². The first kappa shape index (κ1) is 91.2. The quantitative estimate of drug-likeness (QED) is 0.0294. The maximum atomic E-state index is 15.7. The van der Waals surface area contributed by atoms with Crippen molar-refractivity contribution < 1.29 is 262 Å². The van der Waals surface area contributed by atoms with Crippen molar-refractivity contribution in [2.75, 3.05) is 13.2 Å². The zero-order chi connectivity index (χ0) is 98.3. The van der Waals surface area contributed by atoms with Crippen molar-refractivity contribution >= 4 is 65.5 Å². The van der Waals surface area contributed by atoms with Crippen molar-refractivity contribution in [2.45, 2.75) is 78.9 Å². The number of aliphatic hydroxyl groups is 3. The summed E-state index contributed by atoms with van der Waals surface area (Å²) in [7, 11) is 0. The third kappa shape index (κ3) is 15.5. The summed E-state index contributed by atoms with van der Waals surface area (Å²) in [6, 6.07) is 4.59. The number of fused-ring (bicyclic) bond motifs is 4. The summed E-state index contributed by atoms with van der Waals surface area (Å²) in [6.45, 7) is -3.38. The number of carbonyl (C=O) groups is 11. The summed E-state index contributed by atoms with van der Waals surface area (Å²) >= 11 is 0.